The van der Waals surface area contributed by atoms with E-state index in [-0.39, 0.29) is 16.7 Å². The van der Waals surface area contributed by atoms with Gasteiger partial charge in [0.05, 0.1) is 5.69 Å². The maximum absolute atomic E-state index is 12.4. The first-order valence-corrected chi connectivity index (χ1v) is 10.7. The number of allylic oxidation sites excluding steroid dienone is 2. The quantitative estimate of drug-likeness (QED) is 0.601. The van der Waals surface area contributed by atoms with Gasteiger partial charge >= 0.3 is 0 Å². The van der Waals surface area contributed by atoms with Crippen LogP contribution in [-0.4, -0.2) is 27.4 Å². The monoisotopic (exact) mass is 381 g/mol. The lowest BCUT2D eigenvalue weighted by Gasteiger charge is -2.12. The molecule has 2 atom stereocenters. The Morgan fingerprint density at radius 1 is 1.27 bits per heavy atom. The van der Waals surface area contributed by atoms with Gasteiger partial charge in [0.1, 0.15) is 4.90 Å². The van der Waals surface area contributed by atoms with E-state index >= 15 is 0 Å². The van der Waals surface area contributed by atoms with Gasteiger partial charge < -0.3 is 11.1 Å². The van der Waals surface area contributed by atoms with Gasteiger partial charge in [-0.05, 0) is 44.4 Å². The van der Waals surface area contributed by atoms with Crippen LogP contribution >= 0.6 is 0 Å². The molecule has 1 aliphatic rings. The molecular weight excluding hydrogens is 350 g/mol. The summed E-state index contributed by atoms with van der Waals surface area (Å²) in [5.41, 5.74) is 5.35. The van der Waals surface area contributed by atoms with E-state index in [1.165, 1.54) is 6.07 Å². The molecule has 1 unspecified atom stereocenters. The molecule has 4 N–H and O–H groups in total. The molecule has 0 radical (unpaired) electrons. The summed E-state index contributed by atoms with van der Waals surface area (Å²) in [6, 6.07) is 6.59. The molecule has 26 heavy (non-hydrogen) atoms. The second-order valence-electron chi connectivity index (χ2n) is 6.13. The van der Waals surface area contributed by atoms with E-state index in [4.69, 9.17) is 5.73 Å². The van der Waals surface area contributed by atoms with E-state index in [1.807, 2.05) is 19.9 Å². The molecule has 6 nitrogen and oxygen atoms in total. The molecule has 1 aliphatic carbocycles. The zero-order valence-corrected chi connectivity index (χ0v) is 16.7. The maximum Gasteiger partial charge on any atom is 0.266 e. The summed E-state index contributed by atoms with van der Waals surface area (Å²) in [5.74, 6) is -0.479. The van der Waals surface area contributed by atoms with E-state index in [2.05, 4.69) is 23.0 Å². The van der Waals surface area contributed by atoms with Crippen LogP contribution in [0.4, 0.5) is 5.69 Å². The van der Waals surface area contributed by atoms with Gasteiger partial charge in [0.25, 0.3) is 10.0 Å². The molecular formula is C19H31N3O3S. The van der Waals surface area contributed by atoms with E-state index in [0.29, 0.717) is 12.2 Å². The van der Waals surface area contributed by atoms with Crippen molar-refractivity contribution in [3.8, 4) is 0 Å². The Balaban J connectivity index is 0.00000105. The third kappa shape index (κ3) is 6.80. The topological polar surface area (TPSA) is 101 Å². The molecule has 0 aromatic heterocycles. The zero-order chi connectivity index (χ0) is 19.6. The van der Waals surface area contributed by atoms with Crippen LogP contribution < -0.4 is 15.8 Å². The number of sulfonamides is 1. The minimum absolute atomic E-state index is 0.105. The second-order valence-corrected chi connectivity index (χ2v) is 7.78. The Kier molecular flexibility index (Phi) is 9.37. The Morgan fingerprint density at radius 2 is 1.92 bits per heavy atom. The molecule has 0 heterocycles. The van der Waals surface area contributed by atoms with Gasteiger partial charge in [-0.2, -0.15) is 0 Å². The Bertz CT molecular complexity index is 702. The van der Waals surface area contributed by atoms with Gasteiger partial charge in [-0.1, -0.05) is 44.6 Å². The lowest BCUT2D eigenvalue weighted by Crippen LogP contribution is -2.32. The number of amides is 1. The Labute approximate surface area is 157 Å². The van der Waals surface area contributed by atoms with E-state index in [0.717, 1.165) is 25.8 Å². The molecule has 1 fully saturated rings. The zero-order valence-electron chi connectivity index (χ0n) is 15.9. The summed E-state index contributed by atoms with van der Waals surface area (Å²) < 4.78 is 27.1. The molecule has 0 aliphatic heterocycles. The predicted octanol–water partition coefficient (Wildman–Crippen LogP) is 2.88. The Morgan fingerprint density at radius 3 is 2.54 bits per heavy atom. The number of carbonyl (C=O) groups is 1. The number of rotatable bonds is 8. The van der Waals surface area contributed by atoms with Crippen molar-refractivity contribution in [2.45, 2.75) is 44.9 Å². The number of hydrogen-bond donors (Lipinski definition) is 3. The van der Waals surface area contributed by atoms with Crippen LogP contribution in [0.15, 0.2) is 41.3 Å². The van der Waals surface area contributed by atoms with Crippen molar-refractivity contribution in [2.75, 3.05) is 18.4 Å². The number of nitrogens with one attached hydrogen (secondary N) is 2. The SMILES string of the molecule is CCC/C=C\[C@@H]1CC1C(=O)NS(=O)(=O)c1ccccc1NCC.CCN. The summed E-state index contributed by atoms with van der Waals surface area (Å²) in [7, 11) is -3.85. The third-order valence-electron chi connectivity index (χ3n) is 3.79. The summed E-state index contributed by atoms with van der Waals surface area (Å²) in [5, 5.41) is 3.00. The second kappa shape index (κ2) is 11.0. The highest BCUT2D eigenvalue weighted by atomic mass is 32.2. The number of carbonyl (C=O) groups excluding carboxylic acids is 1. The van der Waals surface area contributed by atoms with Crippen molar-refractivity contribution in [1.82, 2.24) is 4.72 Å². The average Bonchev–Trinajstić information content (AvgIpc) is 3.36. The number of para-hydroxylation sites is 1. The smallest absolute Gasteiger partial charge is 0.266 e. The highest BCUT2D eigenvalue weighted by molar-refractivity contribution is 7.90. The molecule has 1 saturated carbocycles. The van der Waals surface area contributed by atoms with Crippen LogP contribution in [0.2, 0.25) is 0 Å². The largest absolute Gasteiger partial charge is 0.384 e. The lowest BCUT2D eigenvalue weighted by molar-refractivity contribution is -0.120. The summed E-state index contributed by atoms with van der Waals surface area (Å²) in [4.78, 5) is 12.3. The molecule has 146 valence electrons. The first kappa shape index (κ1) is 22.2. The predicted molar refractivity (Wildman–Crippen MR) is 106 cm³/mol. The minimum atomic E-state index is -3.85. The number of unbranched alkanes of at least 4 members (excludes halogenated alkanes) is 1. The van der Waals surface area contributed by atoms with Crippen LogP contribution in [0.5, 0.6) is 0 Å². The number of nitrogens with two attached hydrogens (primary N) is 1. The molecule has 1 amide bonds. The summed E-state index contributed by atoms with van der Waals surface area (Å²) in [6.07, 6.45) is 6.85. The van der Waals surface area contributed by atoms with Crippen LogP contribution in [0.25, 0.3) is 0 Å². The molecule has 1 aromatic rings. The van der Waals surface area contributed by atoms with Gasteiger partial charge in [0, 0.05) is 12.5 Å². The standard InChI is InChI=1S/C17H24N2O3S.C2H7N/c1-3-5-6-9-13-12-14(13)17(20)19-23(21,22)16-11-8-7-10-15(16)18-4-2;1-2-3/h6-11,13-14,18H,3-5,12H2,1-2H3,(H,19,20);2-3H2,1H3/b9-6-;/t13-,14?;/m1./s1. The third-order valence-corrected chi connectivity index (χ3v) is 5.20. The molecule has 0 bridgehead atoms. The first-order chi connectivity index (χ1) is 12.4. The number of benzene rings is 1. The summed E-state index contributed by atoms with van der Waals surface area (Å²) in [6.45, 7) is 7.24. The van der Waals surface area contributed by atoms with Gasteiger partial charge in [-0.25, -0.2) is 13.1 Å². The van der Waals surface area contributed by atoms with Crippen LogP contribution in [0.3, 0.4) is 0 Å². The molecule has 2 rings (SSSR count). The molecule has 0 spiro atoms. The van der Waals surface area contributed by atoms with E-state index in [1.54, 1.807) is 18.2 Å². The van der Waals surface area contributed by atoms with E-state index < -0.39 is 15.9 Å². The fourth-order valence-electron chi connectivity index (χ4n) is 2.47. The van der Waals surface area contributed by atoms with Crippen LogP contribution in [0, 0.1) is 11.8 Å². The molecule has 1 aromatic carbocycles. The van der Waals surface area contributed by atoms with Crippen molar-refractivity contribution in [2.24, 2.45) is 17.6 Å². The van der Waals surface area contributed by atoms with Crippen molar-refractivity contribution in [3.05, 3.63) is 36.4 Å². The van der Waals surface area contributed by atoms with Crippen molar-refractivity contribution >= 4 is 21.6 Å². The normalized spacial score (nSPS) is 18.8. The van der Waals surface area contributed by atoms with E-state index in [9.17, 15) is 13.2 Å². The van der Waals surface area contributed by atoms with Crippen molar-refractivity contribution in [1.29, 1.82) is 0 Å². The molecule has 0 saturated heterocycles. The minimum Gasteiger partial charge on any atom is -0.384 e. The van der Waals surface area contributed by atoms with Gasteiger partial charge in [0.15, 0.2) is 0 Å². The highest BCUT2D eigenvalue weighted by Crippen LogP contribution is 2.40. The average molecular weight is 382 g/mol. The summed E-state index contributed by atoms with van der Waals surface area (Å²) >= 11 is 0. The maximum atomic E-state index is 12.4. The fourth-order valence-corrected chi connectivity index (χ4v) is 3.68. The Hall–Kier alpha value is -1.86. The fraction of sp³-hybridized carbons (Fsp3) is 0.526. The number of hydrogen-bond acceptors (Lipinski definition) is 5. The van der Waals surface area contributed by atoms with Crippen LogP contribution in [-0.2, 0) is 14.8 Å². The van der Waals surface area contributed by atoms with Crippen LogP contribution in [0.1, 0.15) is 40.0 Å². The van der Waals surface area contributed by atoms with Gasteiger partial charge in [-0.3, -0.25) is 4.79 Å². The van der Waals surface area contributed by atoms with Crippen molar-refractivity contribution in [3.63, 3.8) is 0 Å². The number of anilines is 1. The van der Waals surface area contributed by atoms with Gasteiger partial charge in [-0.15, -0.1) is 0 Å². The highest BCUT2D eigenvalue weighted by Gasteiger charge is 2.42. The van der Waals surface area contributed by atoms with Gasteiger partial charge in [0.2, 0.25) is 5.91 Å². The molecule has 7 heteroatoms. The lowest BCUT2D eigenvalue weighted by atomic mass is 10.2. The van der Waals surface area contributed by atoms with Crippen molar-refractivity contribution < 1.29 is 13.2 Å². The first-order valence-electron chi connectivity index (χ1n) is 9.17.